The van der Waals surface area contributed by atoms with E-state index in [1.54, 1.807) is 6.08 Å². The van der Waals surface area contributed by atoms with E-state index < -0.39 is 0 Å². The molecule has 1 aliphatic carbocycles. The number of nitrogens with one attached hydrogen (secondary N) is 2. The van der Waals surface area contributed by atoms with E-state index in [0.29, 0.717) is 0 Å². The van der Waals surface area contributed by atoms with Crippen molar-refractivity contribution in [1.82, 2.24) is 10.6 Å². The van der Waals surface area contributed by atoms with Gasteiger partial charge in [0.1, 0.15) is 0 Å². The van der Waals surface area contributed by atoms with Crippen molar-refractivity contribution in [2.45, 2.75) is 31.8 Å². The summed E-state index contributed by atoms with van der Waals surface area (Å²) in [6.45, 7) is 5.53. The number of hydrogen-bond donors (Lipinski definition) is 2. The SMILES string of the molecule is C=C[C@@H](C)NC(=O)NC1Cc2ccccc2C1. The second-order valence-electron chi connectivity index (χ2n) is 4.52. The van der Waals surface area contributed by atoms with Crippen molar-refractivity contribution in [1.29, 1.82) is 0 Å². The molecule has 3 nitrogen and oxygen atoms in total. The standard InChI is InChI=1S/C14H18N2O/c1-3-10(2)15-14(17)16-13-8-11-6-4-5-7-12(11)9-13/h3-7,10,13H,1,8-9H2,2H3,(H2,15,16,17)/t10-/m1/s1. The van der Waals surface area contributed by atoms with Crippen LogP contribution in [0.5, 0.6) is 0 Å². The quantitative estimate of drug-likeness (QED) is 0.766. The first kappa shape index (κ1) is 11.7. The summed E-state index contributed by atoms with van der Waals surface area (Å²) in [5.74, 6) is 0. The lowest BCUT2D eigenvalue weighted by atomic mass is 10.1. The van der Waals surface area contributed by atoms with E-state index in [4.69, 9.17) is 0 Å². The van der Waals surface area contributed by atoms with Crippen LogP contribution in [0.25, 0.3) is 0 Å². The molecule has 0 fully saturated rings. The van der Waals surface area contributed by atoms with Gasteiger partial charge in [-0.15, -0.1) is 6.58 Å². The summed E-state index contributed by atoms with van der Waals surface area (Å²) < 4.78 is 0. The monoisotopic (exact) mass is 230 g/mol. The number of rotatable bonds is 3. The molecule has 1 aliphatic rings. The third-order valence-corrected chi connectivity index (χ3v) is 3.10. The number of carbonyl (C=O) groups is 1. The smallest absolute Gasteiger partial charge is 0.315 e. The summed E-state index contributed by atoms with van der Waals surface area (Å²) in [5, 5.41) is 5.81. The van der Waals surface area contributed by atoms with E-state index >= 15 is 0 Å². The zero-order chi connectivity index (χ0) is 12.3. The molecule has 0 bridgehead atoms. The van der Waals surface area contributed by atoms with E-state index in [0.717, 1.165) is 12.8 Å². The highest BCUT2D eigenvalue weighted by Crippen LogP contribution is 2.21. The Kier molecular flexibility index (Phi) is 3.47. The van der Waals surface area contributed by atoms with Gasteiger partial charge in [-0.05, 0) is 30.9 Å². The molecule has 3 heteroatoms. The average molecular weight is 230 g/mol. The summed E-state index contributed by atoms with van der Waals surface area (Å²) in [6.07, 6.45) is 3.56. The van der Waals surface area contributed by atoms with Crippen LogP contribution >= 0.6 is 0 Å². The Morgan fingerprint density at radius 1 is 1.41 bits per heavy atom. The third-order valence-electron chi connectivity index (χ3n) is 3.10. The van der Waals surface area contributed by atoms with Crippen LogP contribution in [0.3, 0.4) is 0 Å². The topological polar surface area (TPSA) is 41.1 Å². The van der Waals surface area contributed by atoms with Gasteiger partial charge in [0.15, 0.2) is 0 Å². The largest absolute Gasteiger partial charge is 0.335 e. The fourth-order valence-corrected chi connectivity index (χ4v) is 2.15. The van der Waals surface area contributed by atoms with E-state index in [-0.39, 0.29) is 18.1 Å². The van der Waals surface area contributed by atoms with Gasteiger partial charge in [0, 0.05) is 12.1 Å². The molecular formula is C14H18N2O. The molecule has 90 valence electrons. The Balaban J connectivity index is 1.87. The minimum absolute atomic E-state index is 0.00113. The van der Waals surface area contributed by atoms with Gasteiger partial charge in [0.2, 0.25) is 0 Å². The number of carbonyl (C=O) groups excluding carboxylic acids is 1. The van der Waals surface area contributed by atoms with Crippen LogP contribution in [0.4, 0.5) is 4.79 Å². The summed E-state index contributed by atoms with van der Waals surface area (Å²) in [7, 11) is 0. The Morgan fingerprint density at radius 2 is 2.00 bits per heavy atom. The highest BCUT2D eigenvalue weighted by Gasteiger charge is 2.22. The number of fused-ring (bicyclic) bond motifs is 1. The van der Waals surface area contributed by atoms with Gasteiger partial charge >= 0.3 is 6.03 Å². The molecule has 0 unspecified atom stereocenters. The Hall–Kier alpha value is -1.77. The molecule has 2 amide bonds. The molecule has 17 heavy (non-hydrogen) atoms. The molecule has 2 N–H and O–H groups in total. The molecule has 0 aliphatic heterocycles. The Morgan fingerprint density at radius 3 is 2.53 bits per heavy atom. The molecule has 0 radical (unpaired) electrons. The van der Waals surface area contributed by atoms with Crippen LogP contribution in [0.2, 0.25) is 0 Å². The van der Waals surface area contributed by atoms with Crippen LogP contribution in [0, 0.1) is 0 Å². The Labute approximate surface area is 102 Å². The van der Waals surface area contributed by atoms with Crippen LogP contribution < -0.4 is 10.6 Å². The van der Waals surface area contributed by atoms with Gasteiger partial charge < -0.3 is 10.6 Å². The van der Waals surface area contributed by atoms with Crippen LogP contribution in [0.1, 0.15) is 18.1 Å². The first-order valence-electron chi connectivity index (χ1n) is 5.95. The maximum absolute atomic E-state index is 11.6. The van der Waals surface area contributed by atoms with Crippen molar-refractivity contribution in [2.24, 2.45) is 0 Å². The highest BCUT2D eigenvalue weighted by molar-refractivity contribution is 5.75. The second kappa shape index (κ2) is 5.04. The van der Waals surface area contributed by atoms with Crippen molar-refractivity contribution >= 4 is 6.03 Å². The van der Waals surface area contributed by atoms with Gasteiger partial charge in [0.25, 0.3) is 0 Å². The summed E-state index contributed by atoms with van der Waals surface area (Å²) in [5.41, 5.74) is 2.68. The van der Waals surface area contributed by atoms with E-state index in [1.165, 1.54) is 11.1 Å². The second-order valence-corrected chi connectivity index (χ2v) is 4.52. The van der Waals surface area contributed by atoms with Gasteiger partial charge in [0.05, 0.1) is 0 Å². The molecule has 0 saturated carbocycles. The minimum atomic E-state index is -0.116. The highest BCUT2D eigenvalue weighted by atomic mass is 16.2. The van der Waals surface area contributed by atoms with Crippen molar-refractivity contribution in [3.63, 3.8) is 0 Å². The normalized spacial score (nSPS) is 16.1. The lowest BCUT2D eigenvalue weighted by Gasteiger charge is -2.15. The van der Waals surface area contributed by atoms with Crippen LogP contribution in [-0.2, 0) is 12.8 Å². The van der Waals surface area contributed by atoms with Crippen molar-refractivity contribution in [2.75, 3.05) is 0 Å². The summed E-state index contributed by atoms with van der Waals surface area (Å²) >= 11 is 0. The molecule has 1 aromatic rings. The molecule has 0 aromatic heterocycles. The number of urea groups is 1. The van der Waals surface area contributed by atoms with Crippen LogP contribution in [0.15, 0.2) is 36.9 Å². The zero-order valence-corrected chi connectivity index (χ0v) is 10.1. The first-order valence-corrected chi connectivity index (χ1v) is 5.95. The number of amides is 2. The van der Waals surface area contributed by atoms with Crippen molar-refractivity contribution in [3.05, 3.63) is 48.0 Å². The molecule has 0 saturated heterocycles. The van der Waals surface area contributed by atoms with Crippen molar-refractivity contribution < 1.29 is 4.79 Å². The maximum atomic E-state index is 11.6. The summed E-state index contributed by atoms with van der Waals surface area (Å²) in [4.78, 5) is 11.6. The average Bonchev–Trinajstić information content (AvgIpc) is 2.70. The lowest BCUT2D eigenvalue weighted by molar-refractivity contribution is 0.236. The first-order chi connectivity index (χ1) is 8.19. The molecule has 0 spiro atoms. The fourth-order valence-electron chi connectivity index (χ4n) is 2.15. The minimum Gasteiger partial charge on any atom is -0.335 e. The van der Waals surface area contributed by atoms with E-state index in [2.05, 4.69) is 29.3 Å². The van der Waals surface area contributed by atoms with Gasteiger partial charge in [-0.25, -0.2) is 4.79 Å². The van der Waals surface area contributed by atoms with Crippen molar-refractivity contribution in [3.8, 4) is 0 Å². The van der Waals surface area contributed by atoms with Gasteiger partial charge in [-0.2, -0.15) is 0 Å². The lowest BCUT2D eigenvalue weighted by Crippen LogP contribution is -2.45. The zero-order valence-electron chi connectivity index (χ0n) is 10.1. The molecule has 1 atom stereocenters. The van der Waals surface area contributed by atoms with Gasteiger partial charge in [-0.3, -0.25) is 0 Å². The Bertz CT molecular complexity index is 403. The molecule has 1 aromatic carbocycles. The predicted molar refractivity (Wildman–Crippen MR) is 69.0 cm³/mol. The molecule has 2 rings (SSSR count). The van der Waals surface area contributed by atoms with Crippen LogP contribution in [-0.4, -0.2) is 18.1 Å². The van der Waals surface area contributed by atoms with E-state index in [9.17, 15) is 4.79 Å². The summed E-state index contributed by atoms with van der Waals surface area (Å²) in [6, 6.07) is 8.43. The third kappa shape index (κ3) is 2.87. The van der Waals surface area contributed by atoms with E-state index in [1.807, 2.05) is 19.1 Å². The number of benzene rings is 1. The number of hydrogen-bond acceptors (Lipinski definition) is 1. The maximum Gasteiger partial charge on any atom is 0.315 e. The molecular weight excluding hydrogens is 212 g/mol. The fraction of sp³-hybridized carbons (Fsp3) is 0.357. The molecule has 0 heterocycles. The van der Waals surface area contributed by atoms with Gasteiger partial charge in [-0.1, -0.05) is 30.3 Å². The predicted octanol–water partition coefficient (Wildman–Crippen LogP) is 2.03.